The Morgan fingerprint density at radius 1 is 1.62 bits per heavy atom. The first-order valence-electron chi connectivity index (χ1n) is 6.00. The molecule has 4 unspecified atom stereocenters. The number of nitrogens with one attached hydrogen (secondary N) is 2. The molecule has 92 valence electrons. The summed E-state index contributed by atoms with van der Waals surface area (Å²) < 4.78 is 5.51. The standard InChI is InChI=1S/C11H20N2O3/c1-7(10-3-2-4-16-10)13-11(15)9-5-8(14)6-12-9/h7-10,12,14H,2-6H2,1H3,(H,13,15). The predicted molar refractivity (Wildman–Crippen MR) is 59.0 cm³/mol. The minimum atomic E-state index is -0.395. The van der Waals surface area contributed by atoms with Gasteiger partial charge in [0.25, 0.3) is 0 Å². The Labute approximate surface area is 95.5 Å². The molecule has 2 rings (SSSR count). The molecule has 5 nitrogen and oxygen atoms in total. The number of hydrogen-bond acceptors (Lipinski definition) is 4. The van der Waals surface area contributed by atoms with Gasteiger partial charge in [-0.1, -0.05) is 0 Å². The fourth-order valence-electron chi connectivity index (χ4n) is 2.33. The number of carbonyl (C=O) groups is 1. The molecular weight excluding hydrogens is 208 g/mol. The van der Waals surface area contributed by atoms with Crippen LogP contribution < -0.4 is 10.6 Å². The second kappa shape index (κ2) is 5.12. The van der Waals surface area contributed by atoms with E-state index in [1.165, 1.54) is 0 Å². The zero-order valence-corrected chi connectivity index (χ0v) is 9.61. The Balaban J connectivity index is 1.77. The van der Waals surface area contributed by atoms with Gasteiger partial charge < -0.3 is 20.5 Å². The van der Waals surface area contributed by atoms with Gasteiger partial charge in [-0.3, -0.25) is 4.79 Å². The van der Waals surface area contributed by atoms with Crippen LogP contribution in [0.4, 0.5) is 0 Å². The zero-order chi connectivity index (χ0) is 11.5. The van der Waals surface area contributed by atoms with Crippen LogP contribution in [0.25, 0.3) is 0 Å². The summed E-state index contributed by atoms with van der Waals surface area (Å²) in [6.45, 7) is 3.27. The van der Waals surface area contributed by atoms with Crippen molar-refractivity contribution in [3.05, 3.63) is 0 Å². The summed E-state index contributed by atoms with van der Waals surface area (Å²) in [5.74, 6) is -0.0282. The van der Waals surface area contributed by atoms with Crippen molar-refractivity contribution in [2.75, 3.05) is 13.2 Å². The van der Waals surface area contributed by atoms with Gasteiger partial charge in [-0.15, -0.1) is 0 Å². The Morgan fingerprint density at radius 2 is 2.44 bits per heavy atom. The number of amides is 1. The van der Waals surface area contributed by atoms with Crippen molar-refractivity contribution in [1.29, 1.82) is 0 Å². The summed E-state index contributed by atoms with van der Waals surface area (Å²) in [6.07, 6.45) is 2.35. The molecule has 0 aromatic rings. The third-order valence-corrected chi connectivity index (χ3v) is 3.32. The van der Waals surface area contributed by atoms with Gasteiger partial charge in [0.05, 0.1) is 24.3 Å². The van der Waals surface area contributed by atoms with Gasteiger partial charge in [0.1, 0.15) is 0 Å². The molecule has 0 bridgehead atoms. The molecule has 1 amide bonds. The van der Waals surface area contributed by atoms with E-state index in [4.69, 9.17) is 4.74 Å². The number of hydrogen-bond donors (Lipinski definition) is 3. The highest BCUT2D eigenvalue weighted by atomic mass is 16.5. The lowest BCUT2D eigenvalue weighted by Gasteiger charge is -2.21. The van der Waals surface area contributed by atoms with Crippen LogP contribution in [0.1, 0.15) is 26.2 Å². The third kappa shape index (κ3) is 2.72. The topological polar surface area (TPSA) is 70.6 Å². The van der Waals surface area contributed by atoms with Crippen molar-refractivity contribution < 1.29 is 14.6 Å². The van der Waals surface area contributed by atoms with E-state index in [1.807, 2.05) is 6.92 Å². The van der Waals surface area contributed by atoms with Crippen molar-refractivity contribution >= 4 is 5.91 Å². The first-order chi connectivity index (χ1) is 7.66. The highest BCUT2D eigenvalue weighted by Crippen LogP contribution is 2.16. The molecule has 3 N–H and O–H groups in total. The number of β-amino-alcohol motifs (C(OH)–C–C–N with tert-alkyl or cyclic N) is 1. The maximum Gasteiger partial charge on any atom is 0.237 e. The van der Waals surface area contributed by atoms with Crippen molar-refractivity contribution in [2.24, 2.45) is 0 Å². The SMILES string of the molecule is CC(NC(=O)C1CC(O)CN1)C1CCCO1. The summed E-state index contributed by atoms with van der Waals surface area (Å²) in [4.78, 5) is 11.8. The predicted octanol–water partition coefficient (Wildman–Crippen LogP) is -0.607. The van der Waals surface area contributed by atoms with Crippen LogP contribution in [0.5, 0.6) is 0 Å². The Bertz CT molecular complexity index is 254. The summed E-state index contributed by atoms with van der Waals surface area (Å²) in [5, 5.41) is 15.3. The number of aliphatic hydroxyl groups is 1. The maximum absolute atomic E-state index is 11.8. The number of ether oxygens (including phenoxy) is 1. The van der Waals surface area contributed by atoms with Crippen LogP contribution >= 0.6 is 0 Å². The van der Waals surface area contributed by atoms with E-state index in [0.717, 1.165) is 19.4 Å². The molecule has 4 atom stereocenters. The van der Waals surface area contributed by atoms with Gasteiger partial charge in [-0.05, 0) is 26.2 Å². The smallest absolute Gasteiger partial charge is 0.237 e. The average molecular weight is 228 g/mol. The molecule has 2 fully saturated rings. The average Bonchev–Trinajstić information content (AvgIpc) is 2.87. The Morgan fingerprint density at radius 3 is 3.00 bits per heavy atom. The molecule has 2 heterocycles. The van der Waals surface area contributed by atoms with Gasteiger partial charge in [0, 0.05) is 13.2 Å². The van der Waals surface area contributed by atoms with Crippen LogP contribution in [0.15, 0.2) is 0 Å². The normalized spacial score (nSPS) is 36.2. The molecule has 5 heteroatoms. The van der Waals surface area contributed by atoms with E-state index in [-0.39, 0.29) is 24.1 Å². The minimum absolute atomic E-state index is 0.0282. The highest BCUT2D eigenvalue weighted by Gasteiger charge is 2.30. The molecule has 0 aliphatic carbocycles. The summed E-state index contributed by atoms with van der Waals surface area (Å²) in [5.41, 5.74) is 0. The number of aliphatic hydroxyl groups excluding tert-OH is 1. The van der Waals surface area contributed by atoms with Crippen molar-refractivity contribution in [1.82, 2.24) is 10.6 Å². The Hall–Kier alpha value is -0.650. The first-order valence-corrected chi connectivity index (χ1v) is 6.00. The molecule has 2 saturated heterocycles. The molecule has 0 aromatic carbocycles. The van der Waals surface area contributed by atoms with Gasteiger partial charge in [0.15, 0.2) is 0 Å². The van der Waals surface area contributed by atoms with Gasteiger partial charge in [0.2, 0.25) is 5.91 Å². The van der Waals surface area contributed by atoms with Crippen LogP contribution in [-0.2, 0) is 9.53 Å². The second-order valence-corrected chi connectivity index (χ2v) is 4.70. The summed E-state index contributed by atoms with van der Waals surface area (Å²) >= 11 is 0. The molecular formula is C11H20N2O3. The largest absolute Gasteiger partial charge is 0.392 e. The van der Waals surface area contributed by atoms with Gasteiger partial charge in [-0.25, -0.2) is 0 Å². The van der Waals surface area contributed by atoms with E-state index < -0.39 is 6.10 Å². The molecule has 0 aromatic heterocycles. The summed E-state index contributed by atoms with van der Waals surface area (Å²) in [7, 11) is 0. The van der Waals surface area contributed by atoms with Crippen LogP contribution in [-0.4, -0.2) is 48.5 Å². The van der Waals surface area contributed by atoms with Crippen LogP contribution in [0.2, 0.25) is 0 Å². The van der Waals surface area contributed by atoms with Gasteiger partial charge in [-0.2, -0.15) is 0 Å². The van der Waals surface area contributed by atoms with Gasteiger partial charge >= 0.3 is 0 Å². The van der Waals surface area contributed by atoms with Crippen LogP contribution in [0, 0.1) is 0 Å². The van der Waals surface area contributed by atoms with E-state index in [9.17, 15) is 9.90 Å². The van der Waals surface area contributed by atoms with E-state index in [0.29, 0.717) is 13.0 Å². The zero-order valence-electron chi connectivity index (χ0n) is 9.61. The maximum atomic E-state index is 11.8. The first kappa shape index (κ1) is 11.8. The minimum Gasteiger partial charge on any atom is -0.392 e. The Kier molecular flexibility index (Phi) is 3.78. The van der Waals surface area contributed by atoms with Crippen molar-refractivity contribution in [3.63, 3.8) is 0 Å². The number of carbonyl (C=O) groups excluding carboxylic acids is 1. The van der Waals surface area contributed by atoms with E-state index >= 15 is 0 Å². The molecule has 2 aliphatic heterocycles. The fraction of sp³-hybridized carbons (Fsp3) is 0.909. The van der Waals surface area contributed by atoms with E-state index in [1.54, 1.807) is 0 Å². The molecule has 0 saturated carbocycles. The van der Waals surface area contributed by atoms with Crippen molar-refractivity contribution in [3.8, 4) is 0 Å². The summed E-state index contributed by atoms with van der Waals surface area (Å²) in [6, 6.07) is -0.201. The number of rotatable bonds is 3. The second-order valence-electron chi connectivity index (χ2n) is 4.70. The molecule has 0 radical (unpaired) electrons. The molecule has 2 aliphatic rings. The fourth-order valence-corrected chi connectivity index (χ4v) is 2.33. The molecule has 0 spiro atoms. The van der Waals surface area contributed by atoms with Crippen molar-refractivity contribution in [2.45, 2.75) is 50.5 Å². The van der Waals surface area contributed by atoms with Crippen LogP contribution in [0.3, 0.4) is 0 Å². The third-order valence-electron chi connectivity index (χ3n) is 3.32. The van der Waals surface area contributed by atoms with E-state index in [2.05, 4.69) is 10.6 Å². The monoisotopic (exact) mass is 228 g/mol. The lowest BCUT2D eigenvalue weighted by molar-refractivity contribution is -0.124. The lowest BCUT2D eigenvalue weighted by Crippen LogP contribution is -2.48. The highest BCUT2D eigenvalue weighted by molar-refractivity contribution is 5.82. The molecule has 16 heavy (non-hydrogen) atoms. The quantitative estimate of drug-likeness (QED) is 0.603. The lowest BCUT2D eigenvalue weighted by atomic mass is 10.1.